The molecule has 1 aliphatic heterocycles. The molecule has 1 aromatic rings. The molecule has 1 saturated heterocycles. The Bertz CT molecular complexity index is 374. The van der Waals surface area contributed by atoms with E-state index in [-0.39, 0.29) is 5.82 Å². The first-order valence-corrected chi connectivity index (χ1v) is 5.68. The summed E-state index contributed by atoms with van der Waals surface area (Å²) in [6.07, 6.45) is 3.62. The summed E-state index contributed by atoms with van der Waals surface area (Å²) in [6, 6.07) is 3.09. The molecule has 0 aliphatic carbocycles. The van der Waals surface area contributed by atoms with Crippen LogP contribution in [0, 0.1) is 16.0 Å². The first-order valence-electron chi connectivity index (χ1n) is 5.68. The number of nitro groups is 1. The number of rotatable bonds is 4. The molecule has 1 fully saturated rings. The van der Waals surface area contributed by atoms with Crippen LogP contribution in [0.5, 0.6) is 0 Å². The fourth-order valence-corrected chi connectivity index (χ4v) is 1.81. The smallest absolute Gasteiger partial charge is 0.363 e. The van der Waals surface area contributed by atoms with E-state index in [0.29, 0.717) is 5.92 Å². The van der Waals surface area contributed by atoms with Crippen LogP contribution in [0.3, 0.4) is 0 Å². The molecule has 17 heavy (non-hydrogen) atoms. The van der Waals surface area contributed by atoms with E-state index in [1.54, 1.807) is 6.07 Å². The average molecular weight is 237 g/mol. The minimum absolute atomic E-state index is 0.124. The number of aromatic nitrogens is 1. The van der Waals surface area contributed by atoms with Crippen molar-refractivity contribution >= 4 is 11.5 Å². The van der Waals surface area contributed by atoms with E-state index in [4.69, 9.17) is 4.74 Å². The molecule has 0 atom stereocenters. The lowest BCUT2D eigenvalue weighted by atomic mass is 10.0. The molecule has 1 N–H and O–H groups in total. The summed E-state index contributed by atoms with van der Waals surface area (Å²) >= 11 is 0. The van der Waals surface area contributed by atoms with Crippen LogP contribution in [0.25, 0.3) is 0 Å². The lowest BCUT2D eigenvalue weighted by molar-refractivity contribution is -0.389. The maximum absolute atomic E-state index is 10.4. The Labute approximate surface area is 99.2 Å². The lowest BCUT2D eigenvalue weighted by Crippen LogP contribution is -2.22. The Morgan fingerprint density at radius 3 is 2.82 bits per heavy atom. The van der Waals surface area contributed by atoms with Gasteiger partial charge in [0.1, 0.15) is 0 Å². The van der Waals surface area contributed by atoms with Gasteiger partial charge < -0.3 is 20.2 Å². The third kappa shape index (κ3) is 3.39. The van der Waals surface area contributed by atoms with Crippen LogP contribution in [0.4, 0.5) is 11.5 Å². The van der Waals surface area contributed by atoms with E-state index in [1.807, 2.05) is 0 Å². The predicted molar refractivity (Wildman–Crippen MR) is 62.9 cm³/mol. The Morgan fingerprint density at radius 2 is 2.24 bits per heavy atom. The highest BCUT2D eigenvalue weighted by Crippen LogP contribution is 2.16. The molecule has 0 radical (unpaired) electrons. The molecule has 0 bridgehead atoms. The molecule has 1 aromatic heterocycles. The minimum atomic E-state index is -0.498. The molecule has 92 valence electrons. The normalized spacial score (nSPS) is 16.7. The molecule has 2 heterocycles. The van der Waals surface area contributed by atoms with Gasteiger partial charge in [-0.1, -0.05) is 0 Å². The number of nitrogens with zero attached hydrogens (tertiary/aromatic N) is 2. The number of ether oxygens (including phenoxy) is 1. The van der Waals surface area contributed by atoms with Crippen LogP contribution < -0.4 is 5.32 Å². The van der Waals surface area contributed by atoms with Crippen LogP contribution in [-0.4, -0.2) is 29.7 Å². The fraction of sp³-hybridized carbons (Fsp3) is 0.545. The number of hydrogen-bond acceptors (Lipinski definition) is 5. The summed E-state index contributed by atoms with van der Waals surface area (Å²) in [5.74, 6) is 0.487. The Morgan fingerprint density at radius 1 is 1.47 bits per heavy atom. The molecule has 0 saturated carbocycles. The first-order chi connectivity index (χ1) is 8.25. The number of nitrogens with one attached hydrogen (secondary N) is 1. The van der Waals surface area contributed by atoms with E-state index in [0.717, 1.165) is 38.3 Å². The van der Waals surface area contributed by atoms with Crippen molar-refractivity contribution in [3.63, 3.8) is 0 Å². The lowest BCUT2D eigenvalue weighted by Gasteiger charge is -2.22. The van der Waals surface area contributed by atoms with Crippen LogP contribution in [0.1, 0.15) is 12.8 Å². The average Bonchev–Trinajstić information content (AvgIpc) is 2.38. The first kappa shape index (κ1) is 11.8. The maximum Gasteiger partial charge on any atom is 0.363 e. The van der Waals surface area contributed by atoms with Gasteiger partial charge in [0.2, 0.25) is 0 Å². The Hall–Kier alpha value is -1.69. The third-order valence-electron chi connectivity index (χ3n) is 2.87. The zero-order chi connectivity index (χ0) is 12.1. The third-order valence-corrected chi connectivity index (χ3v) is 2.87. The highest BCUT2D eigenvalue weighted by Gasteiger charge is 2.13. The van der Waals surface area contributed by atoms with Crippen molar-refractivity contribution in [3.8, 4) is 0 Å². The van der Waals surface area contributed by atoms with E-state index in [2.05, 4.69) is 10.3 Å². The topological polar surface area (TPSA) is 77.3 Å². The van der Waals surface area contributed by atoms with Crippen molar-refractivity contribution in [2.24, 2.45) is 5.92 Å². The van der Waals surface area contributed by atoms with Crippen molar-refractivity contribution in [2.45, 2.75) is 12.8 Å². The number of anilines is 1. The monoisotopic (exact) mass is 237 g/mol. The van der Waals surface area contributed by atoms with Crippen LogP contribution in [0.2, 0.25) is 0 Å². The van der Waals surface area contributed by atoms with E-state index < -0.39 is 4.92 Å². The van der Waals surface area contributed by atoms with Crippen LogP contribution in [0.15, 0.2) is 18.3 Å². The quantitative estimate of drug-likeness (QED) is 0.638. The summed E-state index contributed by atoms with van der Waals surface area (Å²) in [7, 11) is 0. The molecule has 0 amide bonds. The van der Waals surface area contributed by atoms with E-state index in [9.17, 15) is 10.1 Å². The van der Waals surface area contributed by atoms with Crippen molar-refractivity contribution in [2.75, 3.05) is 25.1 Å². The molecule has 6 nitrogen and oxygen atoms in total. The van der Waals surface area contributed by atoms with Gasteiger partial charge in [0.05, 0.1) is 5.69 Å². The molecule has 0 unspecified atom stereocenters. The van der Waals surface area contributed by atoms with Gasteiger partial charge in [-0.25, -0.2) is 0 Å². The number of hydrogen-bond donors (Lipinski definition) is 1. The fourth-order valence-electron chi connectivity index (χ4n) is 1.81. The SMILES string of the molecule is O=[N+]([O-])c1ccc(NCC2CCOCC2)cn1. The molecular weight excluding hydrogens is 222 g/mol. The van der Waals surface area contributed by atoms with Gasteiger partial charge in [-0.3, -0.25) is 0 Å². The number of pyridine rings is 1. The van der Waals surface area contributed by atoms with E-state index in [1.165, 1.54) is 12.3 Å². The summed E-state index contributed by atoms with van der Waals surface area (Å²) in [5.41, 5.74) is 0.821. The zero-order valence-electron chi connectivity index (χ0n) is 9.46. The van der Waals surface area contributed by atoms with Gasteiger partial charge in [0.15, 0.2) is 6.20 Å². The molecule has 0 spiro atoms. The van der Waals surface area contributed by atoms with Crippen molar-refractivity contribution in [3.05, 3.63) is 28.4 Å². The van der Waals surface area contributed by atoms with Gasteiger partial charge >= 0.3 is 5.82 Å². The van der Waals surface area contributed by atoms with Gasteiger partial charge in [-0.15, -0.1) is 0 Å². The van der Waals surface area contributed by atoms with Crippen molar-refractivity contribution < 1.29 is 9.66 Å². The van der Waals surface area contributed by atoms with Crippen LogP contribution in [-0.2, 0) is 4.74 Å². The largest absolute Gasteiger partial charge is 0.382 e. The van der Waals surface area contributed by atoms with Crippen molar-refractivity contribution in [1.82, 2.24) is 4.98 Å². The second kappa shape index (κ2) is 5.58. The zero-order valence-corrected chi connectivity index (χ0v) is 9.46. The van der Waals surface area contributed by atoms with Gasteiger partial charge in [-0.05, 0) is 34.7 Å². The second-order valence-electron chi connectivity index (χ2n) is 4.10. The van der Waals surface area contributed by atoms with Crippen LogP contribution >= 0.6 is 0 Å². The van der Waals surface area contributed by atoms with Crippen molar-refractivity contribution in [1.29, 1.82) is 0 Å². The molecule has 0 aromatic carbocycles. The second-order valence-corrected chi connectivity index (χ2v) is 4.10. The van der Waals surface area contributed by atoms with Gasteiger partial charge in [0, 0.05) is 25.8 Å². The highest BCUT2D eigenvalue weighted by molar-refractivity contribution is 5.43. The highest BCUT2D eigenvalue weighted by atomic mass is 16.6. The summed E-state index contributed by atoms with van der Waals surface area (Å²) in [4.78, 5) is 13.7. The molecule has 6 heteroatoms. The molecule has 2 rings (SSSR count). The van der Waals surface area contributed by atoms with Gasteiger partial charge in [0.25, 0.3) is 0 Å². The molecular formula is C11H15N3O3. The predicted octanol–water partition coefficient (Wildman–Crippen LogP) is 1.83. The van der Waals surface area contributed by atoms with E-state index >= 15 is 0 Å². The Balaban J connectivity index is 1.84. The minimum Gasteiger partial charge on any atom is -0.382 e. The summed E-state index contributed by atoms with van der Waals surface area (Å²) in [6.45, 7) is 2.51. The summed E-state index contributed by atoms with van der Waals surface area (Å²) < 4.78 is 5.28. The Kier molecular flexibility index (Phi) is 3.87. The van der Waals surface area contributed by atoms with Gasteiger partial charge in [-0.2, -0.15) is 0 Å². The summed E-state index contributed by atoms with van der Waals surface area (Å²) in [5, 5.41) is 13.7. The molecule has 1 aliphatic rings. The maximum atomic E-state index is 10.4. The standard InChI is InChI=1S/C11H15N3O3/c15-14(16)11-2-1-10(8-13-11)12-7-9-3-5-17-6-4-9/h1-2,8-9,12H,3-7H2.